The maximum Gasteiger partial charge on any atom is 0.119 e. The van der Waals surface area contributed by atoms with Crippen molar-refractivity contribution in [2.24, 2.45) is 0 Å². The van der Waals surface area contributed by atoms with Gasteiger partial charge in [0.15, 0.2) is 0 Å². The monoisotopic (exact) mass is 543 g/mol. The van der Waals surface area contributed by atoms with Gasteiger partial charge in [-0.3, -0.25) is 9.88 Å². The van der Waals surface area contributed by atoms with Crippen LogP contribution in [0.1, 0.15) is 32.5 Å². The summed E-state index contributed by atoms with van der Waals surface area (Å²) in [6, 6.07) is 16.6. The molecule has 8 heteroatoms. The molecule has 0 bridgehead atoms. The molecule has 0 spiro atoms. The molecule has 0 amide bonds. The topological polar surface area (TPSA) is 75.3 Å². The SMILES string of the molecule is COc1ccc2cc(-c3nc(C(C)(C)CCC(=S)NCCN4CCOCC4)[nH]c3-c3ccncc3)ccc2c1. The summed E-state index contributed by atoms with van der Waals surface area (Å²) in [4.78, 5) is 16.4. The number of pyridine rings is 1. The summed E-state index contributed by atoms with van der Waals surface area (Å²) in [5, 5.41) is 5.73. The fourth-order valence-electron chi connectivity index (χ4n) is 4.94. The number of methoxy groups -OCH3 is 1. The predicted molar refractivity (Wildman–Crippen MR) is 161 cm³/mol. The minimum Gasteiger partial charge on any atom is -0.497 e. The molecule has 1 fully saturated rings. The zero-order chi connectivity index (χ0) is 27.2. The van der Waals surface area contributed by atoms with Crippen LogP contribution >= 0.6 is 12.2 Å². The van der Waals surface area contributed by atoms with Crippen molar-refractivity contribution in [2.75, 3.05) is 46.5 Å². The van der Waals surface area contributed by atoms with Crippen LogP contribution in [-0.2, 0) is 10.2 Å². The smallest absolute Gasteiger partial charge is 0.119 e. The number of morpholine rings is 1. The molecular weight excluding hydrogens is 506 g/mol. The molecule has 0 unspecified atom stereocenters. The van der Waals surface area contributed by atoms with Gasteiger partial charge in [0, 0.05) is 55.1 Å². The Morgan fingerprint density at radius 1 is 1.05 bits per heavy atom. The maximum atomic E-state index is 5.68. The Morgan fingerprint density at radius 3 is 2.56 bits per heavy atom. The Morgan fingerprint density at radius 2 is 1.79 bits per heavy atom. The van der Waals surface area contributed by atoms with Crippen LogP contribution in [0.15, 0.2) is 60.9 Å². The van der Waals surface area contributed by atoms with Crippen LogP contribution in [0.2, 0.25) is 0 Å². The first kappa shape index (κ1) is 27.2. The lowest BCUT2D eigenvalue weighted by Gasteiger charge is -2.27. The predicted octanol–water partition coefficient (Wildman–Crippen LogP) is 5.61. The first-order valence-electron chi connectivity index (χ1n) is 13.6. The largest absolute Gasteiger partial charge is 0.497 e. The van der Waals surface area contributed by atoms with Crippen molar-refractivity contribution in [2.45, 2.75) is 32.1 Å². The van der Waals surface area contributed by atoms with E-state index >= 15 is 0 Å². The molecule has 4 aromatic rings. The molecule has 1 aliphatic heterocycles. The van der Waals surface area contributed by atoms with Gasteiger partial charge in [-0.2, -0.15) is 0 Å². The number of nitrogens with one attached hydrogen (secondary N) is 2. The van der Waals surface area contributed by atoms with Gasteiger partial charge in [0.2, 0.25) is 0 Å². The molecule has 39 heavy (non-hydrogen) atoms. The van der Waals surface area contributed by atoms with E-state index in [9.17, 15) is 0 Å². The van der Waals surface area contributed by atoms with Crippen molar-refractivity contribution < 1.29 is 9.47 Å². The number of aromatic nitrogens is 3. The van der Waals surface area contributed by atoms with E-state index in [4.69, 9.17) is 26.7 Å². The third-order valence-electron chi connectivity index (χ3n) is 7.47. The number of hydrogen-bond acceptors (Lipinski definition) is 6. The minimum absolute atomic E-state index is 0.194. The molecule has 0 atom stereocenters. The number of fused-ring (bicyclic) bond motifs is 1. The van der Waals surface area contributed by atoms with Crippen LogP contribution in [0, 0.1) is 0 Å². The summed E-state index contributed by atoms with van der Waals surface area (Å²) < 4.78 is 10.8. The van der Waals surface area contributed by atoms with Gasteiger partial charge in [-0.25, -0.2) is 4.98 Å². The number of thiocarbonyl (C=S) groups is 1. The summed E-state index contributed by atoms with van der Waals surface area (Å²) in [6.07, 6.45) is 5.33. The second-order valence-corrected chi connectivity index (χ2v) is 11.2. The van der Waals surface area contributed by atoms with E-state index in [0.717, 1.165) is 102 Å². The van der Waals surface area contributed by atoms with Crippen LogP contribution in [0.3, 0.4) is 0 Å². The number of imidazole rings is 1. The van der Waals surface area contributed by atoms with Crippen molar-refractivity contribution in [3.05, 3.63) is 66.7 Å². The molecule has 204 valence electrons. The van der Waals surface area contributed by atoms with E-state index in [2.05, 4.69) is 64.4 Å². The van der Waals surface area contributed by atoms with Gasteiger partial charge >= 0.3 is 0 Å². The van der Waals surface area contributed by atoms with Crippen molar-refractivity contribution in [3.8, 4) is 28.3 Å². The lowest BCUT2D eigenvalue weighted by Crippen LogP contribution is -2.41. The molecule has 3 heterocycles. The van der Waals surface area contributed by atoms with Crippen LogP contribution in [-0.4, -0.2) is 71.3 Å². The molecule has 2 aromatic heterocycles. The van der Waals surface area contributed by atoms with Gasteiger partial charge < -0.3 is 19.8 Å². The molecule has 0 saturated carbocycles. The Bertz CT molecular complexity index is 1410. The molecule has 2 N–H and O–H groups in total. The van der Waals surface area contributed by atoms with E-state index in [1.54, 1.807) is 7.11 Å². The zero-order valence-electron chi connectivity index (χ0n) is 23.0. The van der Waals surface area contributed by atoms with Crippen LogP contribution in [0.5, 0.6) is 5.75 Å². The van der Waals surface area contributed by atoms with E-state index in [1.165, 1.54) is 0 Å². The molecule has 5 rings (SSSR count). The van der Waals surface area contributed by atoms with E-state index in [0.29, 0.717) is 0 Å². The van der Waals surface area contributed by atoms with Gasteiger partial charge in [-0.15, -0.1) is 0 Å². The number of H-pyrrole nitrogens is 1. The number of aromatic amines is 1. The summed E-state index contributed by atoms with van der Waals surface area (Å²) in [7, 11) is 1.69. The average Bonchev–Trinajstić information content (AvgIpc) is 3.43. The highest BCUT2D eigenvalue weighted by molar-refractivity contribution is 7.80. The lowest BCUT2D eigenvalue weighted by molar-refractivity contribution is 0.0389. The van der Waals surface area contributed by atoms with Crippen molar-refractivity contribution in [3.63, 3.8) is 0 Å². The van der Waals surface area contributed by atoms with Gasteiger partial charge in [-0.1, -0.05) is 44.3 Å². The Labute approximate surface area is 236 Å². The lowest BCUT2D eigenvalue weighted by atomic mass is 9.87. The highest BCUT2D eigenvalue weighted by Crippen LogP contribution is 2.36. The summed E-state index contributed by atoms with van der Waals surface area (Å²) in [5.74, 6) is 1.81. The second kappa shape index (κ2) is 12.2. The summed E-state index contributed by atoms with van der Waals surface area (Å²) >= 11 is 5.68. The Kier molecular flexibility index (Phi) is 8.55. The quantitative estimate of drug-likeness (QED) is 0.252. The van der Waals surface area contributed by atoms with Crippen molar-refractivity contribution >= 4 is 28.0 Å². The van der Waals surface area contributed by atoms with Gasteiger partial charge in [0.1, 0.15) is 11.6 Å². The standard InChI is InChI=1S/C31H37N5O2S/c1-31(2,11-8-27(39)33-14-15-36-16-18-38-19-17-36)30-34-28(22-9-12-32-13-10-22)29(35-30)25-5-4-24-21-26(37-3)7-6-23(24)20-25/h4-7,9-10,12-13,20-21H,8,11,14-19H2,1-3H3,(H,33,39)(H,34,35). The van der Waals surface area contributed by atoms with Crippen LogP contribution < -0.4 is 10.1 Å². The summed E-state index contributed by atoms with van der Waals surface area (Å²) in [6.45, 7) is 9.94. The number of nitrogens with zero attached hydrogens (tertiary/aromatic N) is 3. The maximum absolute atomic E-state index is 5.68. The van der Waals surface area contributed by atoms with Crippen LogP contribution in [0.4, 0.5) is 0 Å². The molecule has 7 nitrogen and oxygen atoms in total. The molecule has 2 aromatic carbocycles. The summed E-state index contributed by atoms with van der Waals surface area (Å²) in [5.41, 5.74) is 3.87. The normalized spacial score (nSPS) is 14.4. The first-order valence-corrected chi connectivity index (χ1v) is 14.0. The van der Waals surface area contributed by atoms with E-state index in [1.807, 2.05) is 30.6 Å². The fraction of sp³-hybridized carbons (Fsp3) is 0.387. The molecule has 1 saturated heterocycles. The van der Waals surface area contributed by atoms with Gasteiger partial charge in [0.25, 0.3) is 0 Å². The number of hydrogen-bond donors (Lipinski definition) is 2. The highest BCUT2D eigenvalue weighted by Gasteiger charge is 2.27. The molecular formula is C31H37N5O2S. The van der Waals surface area contributed by atoms with Gasteiger partial charge in [0.05, 0.1) is 36.7 Å². The third kappa shape index (κ3) is 6.64. The number of benzene rings is 2. The molecule has 1 aliphatic rings. The van der Waals surface area contributed by atoms with Crippen LogP contribution in [0.25, 0.3) is 33.3 Å². The van der Waals surface area contributed by atoms with Crippen molar-refractivity contribution in [1.82, 2.24) is 25.2 Å². The van der Waals surface area contributed by atoms with Gasteiger partial charge in [-0.05, 0) is 53.9 Å². The fourth-order valence-corrected chi connectivity index (χ4v) is 5.14. The second-order valence-electron chi connectivity index (χ2n) is 10.7. The number of rotatable bonds is 10. The average molecular weight is 544 g/mol. The zero-order valence-corrected chi connectivity index (χ0v) is 23.8. The molecule has 0 radical (unpaired) electrons. The molecule has 0 aliphatic carbocycles. The van der Waals surface area contributed by atoms with E-state index < -0.39 is 0 Å². The Hall–Kier alpha value is -3.33. The number of ether oxygens (including phenoxy) is 2. The third-order valence-corrected chi connectivity index (χ3v) is 7.81. The Balaban J connectivity index is 1.34. The highest BCUT2D eigenvalue weighted by atomic mass is 32.1. The van der Waals surface area contributed by atoms with E-state index in [-0.39, 0.29) is 5.41 Å². The van der Waals surface area contributed by atoms with Crippen molar-refractivity contribution in [1.29, 1.82) is 0 Å². The minimum atomic E-state index is -0.194. The first-order chi connectivity index (χ1) is 18.9.